The number of hydrogen-bond acceptors (Lipinski definition) is 5. The Balaban J connectivity index is 1.68. The van der Waals surface area contributed by atoms with Crippen LogP contribution in [0.2, 0.25) is 0 Å². The fraction of sp³-hybridized carbons (Fsp3) is 0.529. The number of halogens is 1. The Morgan fingerprint density at radius 1 is 1.38 bits per heavy atom. The van der Waals surface area contributed by atoms with Crippen molar-refractivity contribution < 1.29 is 14.2 Å². The largest absolute Gasteiger partial charge is 0.388 e. The molecule has 2 saturated heterocycles. The minimum absolute atomic E-state index is 0.0406. The Kier molecular flexibility index (Phi) is 3.49. The average molecular weight is 333 g/mol. The summed E-state index contributed by atoms with van der Waals surface area (Å²) >= 11 is 0. The molecule has 3 aliphatic rings. The highest BCUT2D eigenvalue weighted by Gasteiger charge is 2.51. The van der Waals surface area contributed by atoms with Crippen LogP contribution in [0.15, 0.2) is 29.2 Å². The standard InChI is InChI=1S/C17H20FN3O3/c18-11-7-13-12(20-8-11)1-2-15(23)21(13)9-14(22)17-5-3-16(19,4-6-17)10-24-17/h1-2,7-8,14,22H,3-6,9-10,19H2. The smallest absolute Gasteiger partial charge is 0.251 e. The molecule has 2 aliphatic heterocycles. The molecule has 4 heterocycles. The highest BCUT2D eigenvalue weighted by atomic mass is 19.1. The number of aromatic nitrogens is 2. The zero-order valence-corrected chi connectivity index (χ0v) is 13.2. The summed E-state index contributed by atoms with van der Waals surface area (Å²) in [6.45, 7) is 0.462. The van der Waals surface area contributed by atoms with Gasteiger partial charge in [0, 0.05) is 17.7 Å². The molecule has 1 aliphatic carbocycles. The normalized spacial score (nSPS) is 30.6. The van der Waals surface area contributed by atoms with Gasteiger partial charge in [-0.25, -0.2) is 4.39 Å². The van der Waals surface area contributed by atoms with Gasteiger partial charge in [-0.2, -0.15) is 0 Å². The topological polar surface area (TPSA) is 90.4 Å². The Bertz CT molecular complexity index is 826. The fourth-order valence-electron chi connectivity index (χ4n) is 3.85. The van der Waals surface area contributed by atoms with Gasteiger partial charge >= 0.3 is 0 Å². The second kappa shape index (κ2) is 5.34. The summed E-state index contributed by atoms with van der Waals surface area (Å²) in [5.41, 5.74) is 5.83. The SMILES string of the molecule is NC12CCC(C(O)Cn3c(=O)ccc4ncc(F)cc43)(CC1)OC2. The molecule has 24 heavy (non-hydrogen) atoms. The van der Waals surface area contributed by atoms with Crippen molar-refractivity contribution in [2.75, 3.05) is 6.61 Å². The van der Waals surface area contributed by atoms with E-state index in [1.54, 1.807) is 6.07 Å². The lowest BCUT2D eigenvalue weighted by Gasteiger charge is -2.53. The third-order valence-corrected chi connectivity index (χ3v) is 5.51. The molecular formula is C17H20FN3O3. The van der Waals surface area contributed by atoms with Gasteiger partial charge in [0.05, 0.1) is 36.0 Å². The molecule has 2 bridgehead atoms. The first-order valence-electron chi connectivity index (χ1n) is 8.17. The van der Waals surface area contributed by atoms with Crippen molar-refractivity contribution >= 4 is 11.0 Å². The highest BCUT2D eigenvalue weighted by Crippen LogP contribution is 2.44. The maximum atomic E-state index is 13.6. The summed E-state index contributed by atoms with van der Waals surface area (Å²) in [7, 11) is 0. The van der Waals surface area contributed by atoms with Gasteiger partial charge in [0.2, 0.25) is 0 Å². The summed E-state index contributed by atoms with van der Waals surface area (Å²) in [6, 6.07) is 4.20. The molecule has 1 saturated carbocycles. The van der Waals surface area contributed by atoms with E-state index in [4.69, 9.17) is 10.5 Å². The Morgan fingerprint density at radius 2 is 2.12 bits per heavy atom. The van der Waals surface area contributed by atoms with E-state index in [2.05, 4.69) is 4.98 Å². The molecule has 128 valence electrons. The van der Waals surface area contributed by atoms with Crippen molar-refractivity contribution in [2.24, 2.45) is 5.73 Å². The fourth-order valence-corrected chi connectivity index (χ4v) is 3.85. The number of rotatable bonds is 3. The molecule has 3 N–H and O–H groups in total. The van der Waals surface area contributed by atoms with E-state index in [1.807, 2.05) is 0 Å². The first-order valence-corrected chi connectivity index (χ1v) is 8.17. The summed E-state index contributed by atoms with van der Waals surface area (Å²) in [5.74, 6) is -0.519. The Labute approximate surface area is 138 Å². The lowest BCUT2D eigenvalue weighted by molar-refractivity contribution is -0.204. The number of aliphatic hydroxyl groups is 1. The Morgan fingerprint density at radius 3 is 2.79 bits per heavy atom. The molecule has 5 rings (SSSR count). The second-order valence-corrected chi connectivity index (χ2v) is 7.07. The maximum absolute atomic E-state index is 13.6. The van der Waals surface area contributed by atoms with Crippen molar-refractivity contribution in [3.63, 3.8) is 0 Å². The van der Waals surface area contributed by atoms with Gasteiger partial charge in [0.15, 0.2) is 0 Å². The summed E-state index contributed by atoms with van der Waals surface area (Å²) in [4.78, 5) is 16.2. The zero-order valence-electron chi connectivity index (χ0n) is 13.2. The minimum Gasteiger partial charge on any atom is -0.388 e. The number of fused-ring (bicyclic) bond motifs is 4. The van der Waals surface area contributed by atoms with E-state index in [0.29, 0.717) is 30.5 Å². The molecule has 2 aromatic rings. The van der Waals surface area contributed by atoms with Crippen LogP contribution in [0.5, 0.6) is 0 Å². The molecule has 0 aromatic carbocycles. The minimum atomic E-state index is -0.867. The number of nitrogens with two attached hydrogens (primary N) is 1. The van der Waals surface area contributed by atoms with Crippen molar-refractivity contribution in [1.29, 1.82) is 0 Å². The van der Waals surface area contributed by atoms with E-state index >= 15 is 0 Å². The number of ether oxygens (including phenoxy) is 1. The zero-order chi connectivity index (χ0) is 16.9. The monoisotopic (exact) mass is 333 g/mol. The molecule has 3 fully saturated rings. The molecule has 6 nitrogen and oxygen atoms in total. The predicted molar refractivity (Wildman–Crippen MR) is 86.0 cm³/mol. The molecule has 0 amide bonds. The van der Waals surface area contributed by atoms with Crippen LogP contribution in [0, 0.1) is 5.82 Å². The molecule has 2 aromatic heterocycles. The van der Waals surface area contributed by atoms with Crippen LogP contribution in [-0.4, -0.2) is 38.5 Å². The number of pyridine rings is 2. The summed E-state index contributed by atoms with van der Waals surface area (Å²) < 4.78 is 20.8. The molecule has 1 atom stereocenters. The van der Waals surface area contributed by atoms with Gasteiger partial charge < -0.3 is 20.1 Å². The van der Waals surface area contributed by atoms with E-state index in [1.165, 1.54) is 16.7 Å². The average Bonchev–Trinajstić information content (AvgIpc) is 2.58. The van der Waals surface area contributed by atoms with E-state index < -0.39 is 17.5 Å². The maximum Gasteiger partial charge on any atom is 0.251 e. The van der Waals surface area contributed by atoms with Gasteiger partial charge in [-0.15, -0.1) is 0 Å². The van der Waals surface area contributed by atoms with Crippen LogP contribution in [-0.2, 0) is 11.3 Å². The van der Waals surface area contributed by atoms with Crippen LogP contribution < -0.4 is 11.3 Å². The number of nitrogens with zero attached hydrogens (tertiary/aromatic N) is 2. The van der Waals surface area contributed by atoms with E-state index in [9.17, 15) is 14.3 Å². The summed E-state index contributed by atoms with van der Waals surface area (Å²) in [6.07, 6.45) is 3.16. The molecule has 0 radical (unpaired) electrons. The molecule has 1 unspecified atom stereocenters. The first-order chi connectivity index (χ1) is 11.4. The third kappa shape index (κ3) is 2.44. The van der Waals surface area contributed by atoms with Gasteiger partial charge in [-0.05, 0) is 31.7 Å². The van der Waals surface area contributed by atoms with Crippen LogP contribution in [0.3, 0.4) is 0 Å². The van der Waals surface area contributed by atoms with Crippen molar-refractivity contribution in [2.45, 2.75) is 49.5 Å². The molecule has 0 spiro atoms. The van der Waals surface area contributed by atoms with Crippen molar-refractivity contribution in [3.8, 4) is 0 Å². The van der Waals surface area contributed by atoms with Crippen LogP contribution in [0.25, 0.3) is 11.0 Å². The van der Waals surface area contributed by atoms with Crippen LogP contribution in [0.4, 0.5) is 4.39 Å². The lowest BCUT2D eigenvalue weighted by atomic mass is 9.69. The molecule has 7 heteroatoms. The van der Waals surface area contributed by atoms with Crippen LogP contribution in [0.1, 0.15) is 25.7 Å². The van der Waals surface area contributed by atoms with Gasteiger partial charge in [0.1, 0.15) is 11.9 Å². The lowest BCUT2D eigenvalue weighted by Crippen LogP contribution is -2.64. The van der Waals surface area contributed by atoms with Gasteiger partial charge in [-0.1, -0.05) is 0 Å². The van der Waals surface area contributed by atoms with E-state index in [-0.39, 0.29) is 17.6 Å². The van der Waals surface area contributed by atoms with Gasteiger partial charge in [-0.3, -0.25) is 9.78 Å². The predicted octanol–water partition coefficient (Wildman–Crippen LogP) is 0.937. The van der Waals surface area contributed by atoms with Crippen molar-refractivity contribution in [3.05, 3.63) is 40.6 Å². The summed E-state index contributed by atoms with van der Waals surface area (Å²) in [5, 5.41) is 10.8. The number of aliphatic hydroxyl groups excluding tert-OH is 1. The van der Waals surface area contributed by atoms with Crippen molar-refractivity contribution in [1.82, 2.24) is 9.55 Å². The Hall–Kier alpha value is -1.83. The quantitative estimate of drug-likeness (QED) is 0.872. The van der Waals surface area contributed by atoms with Gasteiger partial charge in [0.25, 0.3) is 5.56 Å². The number of hydrogen-bond donors (Lipinski definition) is 2. The second-order valence-electron chi connectivity index (χ2n) is 7.07. The first kappa shape index (κ1) is 15.7. The highest BCUT2D eigenvalue weighted by molar-refractivity contribution is 5.74. The molecular weight excluding hydrogens is 313 g/mol. The van der Waals surface area contributed by atoms with Crippen LogP contribution >= 0.6 is 0 Å². The van der Waals surface area contributed by atoms with E-state index in [0.717, 1.165) is 19.0 Å². The third-order valence-electron chi connectivity index (χ3n) is 5.51.